The van der Waals surface area contributed by atoms with E-state index in [4.69, 9.17) is 5.26 Å². The molecule has 0 saturated carbocycles. The minimum absolute atomic E-state index is 0.119. The second-order valence-electron chi connectivity index (χ2n) is 3.86. The fraction of sp³-hybridized carbons (Fsp3) is 0.0714. The second kappa shape index (κ2) is 5.44. The summed E-state index contributed by atoms with van der Waals surface area (Å²) >= 11 is 0. The molecule has 0 bridgehead atoms. The molecule has 0 saturated heterocycles. The van der Waals surface area contributed by atoms with Crippen molar-refractivity contribution in [3.63, 3.8) is 0 Å². The highest BCUT2D eigenvalue weighted by Gasteiger charge is 2.17. The highest BCUT2D eigenvalue weighted by Crippen LogP contribution is 2.23. The van der Waals surface area contributed by atoms with Crippen LogP contribution in [-0.4, -0.2) is 0 Å². The Morgan fingerprint density at radius 1 is 1.05 bits per heavy atom. The Hall–Kier alpha value is -2.48. The summed E-state index contributed by atoms with van der Waals surface area (Å²) in [6.45, 7) is 0. The molecular formula is C14H9F3N2. The van der Waals surface area contributed by atoms with Gasteiger partial charge in [-0.3, -0.25) is 0 Å². The van der Waals surface area contributed by atoms with Gasteiger partial charge in [-0.05, 0) is 24.3 Å². The van der Waals surface area contributed by atoms with Gasteiger partial charge in [0.1, 0.15) is 11.9 Å². The van der Waals surface area contributed by atoms with Gasteiger partial charge in [0.05, 0.1) is 6.07 Å². The van der Waals surface area contributed by atoms with Gasteiger partial charge in [-0.2, -0.15) is 5.26 Å². The summed E-state index contributed by atoms with van der Waals surface area (Å²) in [5.41, 5.74) is 0.196. The van der Waals surface area contributed by atoms with Crippen molar-refractivity contribution in [3.8, 4) is 6.07 Å². The van der Waals surface area contributed by atoms with Gasteiger partial charge in [0.25, 0.3) is 0 Å². The van der Waals surface area contributed by atoms with Gasteiger partial charge in [-0.15, -0.1) is 0 Å². The number of nitrogens with one attached hydrogen (secondary N) is 1. The Bertz CT molecular complexity index is 635. The molecule has 0 aliphatic carbocycles. The minimum atomic E-state index is -1.10. The molecule has 5 heteroatoms. The van der Waals surface area contributed by atoms with Gasteiger partial charge in [0, 0.05) is 11.3 Å². The average Bonchev–Trinajstić information content (AvgIpc) is 2.40. The van der Waals surface area contributed by atoms with Crippen molar-refractivity contribution in [2.24, 2.45) is 0 Å². The second-order valence-corrected chi connectivity index (χ2v) is 3.86. The summed E-state index contributed by atoms with van der Waals surface area (Å²) in [5, 5.41) is 11.7. The molecule has 0 radical (unpaired) electrons. The predicted molar refractivity (Wildman–Crippen MR) is 64.7 cm³/mol. The molecule has 0 amide bonds. The van der Waals surface area contributed by atoms with E-state index < -0.39 is 23.5 Å². The molecule has 1 atom stereocenters. The zero-order valence-corrected chi connectivity index (χ0v) is 9.70. The first-order valence-corrected chi connectivity index (χ1v) is 5.47. The van der Waals surface area contributed by atoms with Crippen LogP contribution in [0.5, 0.6) is 0 Å². The van der Waals surface area contributed by atoms with E-state index in [0.717, 1.165) is 6.07 Å². The zero-order valence-electron chi connectivity index (χ0n) is 9.70. The van der Waals surface area contributed by atoms with Crippen LogP contribution in [0, 0.1) is 28.8 Å². The lowest BCUT2D eigenvalue weighted by atomic mass is 10.1. The lowest BCUT2D eigenvalue weighted by Crippen LogP contribution is -2.11. The van der Waals surface area contributed by atoms with Crippen LogP contribution in [0.4, 0.5) is 18.9 Å². The molecular weight excluding hydrogens is 253 g/mol. The predicted octanol–water partition coefficient (Wildman–Crippen LogP) is 3.78. The van der Waals surface area contributed by atoms with Crippen LogP contribution in [0.25, 0.3) is 0 Å². The van der Waals surface area contributed by atoms with Gasteiger partial charge >= 0.3 is 0 Å². The number of anilines is 1. The first kappa shape index (κ1) is 13.0. The number of nitrogens with zero attached hydrogens (tertiary/aromatic N) is 1. The van der Waals surface area contributed by atoms with E-state index >= 15 is 0 Å². The maximum absolute atomic E-state index is 13.6. The third kappa shape index (κ3) is 2.86. The number of hydrogen-bond acceptors (Lipinski definition) is 2. The largest absolute Gasteiger partial charge is 0.366 e. The first-order valence-electron chi connectivity index (χ1n) is 5.47. The topological polar surface area (TPSA) is 35.8 Å². The Balaban J connectivity index is 2.31. The first-order chi connectivity index (χ1) is 9.11. The Morgan fingerprint density at radius 2 is 1.79 bits per heavy atom. The summed E-state index contributed by atoms with van der Waals surface area (Å²) in [7, 11) is 0. The zero-order chi connectivity index (χ0) is 13.8. The number of benzene rings is 2. The summed E-state index contributed by atoms with van der Waals surface area (Å²) in [6.07, 6.45) is 0. The lowest BCUT2D eigenvalue weighted by molar-refractivity contribution is 0.497. The average molecular weight is 262 g/mol. The van der Waals surface area contributed by atoms with Crippen LogP contribution in [0.2, 0.25) is 0 Å². The quantitative estimate of drug-likeness (QED) is 0.913. The highest BCUT2D eigenvalue weighted by molar-refractivity contribution is 5.47. The Morgan fingerprint density at radius 3 is 2.47 bits per heavy atom. The van der Waals surface area contributed by atoms with E-state index in [-0.39, 0.29) is 5.56 Å². The van der Waals surface area contributed by atoms with Crippen molar-refractivity contribution in [1.29, 1.82) is 5.26 Å². The van der Waals surface area contributed by atoms with Crippen molar-refractivity contribution < 1.29 is 13.2 Å². The summed E-state index contributed by atoms with van der Waals surface area (Å²) in [5.74, 6) is -2.60. The summed E-state index contributed by atoms with van der Waals surface area (Å²) in [6, 6.07) is 9.70. The van der Waals surface area contributed by atoms with Crippen molar-refractivity contribution in [3.05, 3.63) is 65.5 Å². The maximum Gasteiger partial charge on any atom is 0.165 e. The molecule has 0 fully saturated rings. The van der Waals surface area contributed by atoms with Crippen LogP contribution < -0.4 is 5.32 Å². The van der Waals surface area contributed by atoms with Crippen LogP contribution in [0.15, 0.2) is 42.5 Å². The number of hydrogen-bond donors (Lipinski definition) is 1. The third-order valence-electron chi connectivity index (χ3n) is 2.56. The third-order valence-corrected chi connectivity index (χ3v) is 2.56. The summed E-state index contributed by atoms with van der Waals surface area (Å²) in [4.78, 5) is 0. The van der Waals surface area contributed by atoms with Gasteiger partial charge in [0.2, 0.25) is 0 Å². The molecule has 96 valence electrons. The van der Waals surface area contributed by atoms with E-state index in [1.54, 1.807) is 0 Å². The molecule has 2 aromatic carbocycles. The van der Waals surface area contributed by atoms with Crippen LogP contribution in [0.1, 0.15) is 11.6 Å². The van der Waals surface area contributed by atoms with Crippen molar-refractivity contribution in [2.45, 2.75) is 6.04 Å². The summed E-state index contributed by atoms with van der Waals surface area (Å²) < 4.78 is 39.7. The van der Waals surface area contributed by atoms with Crippen LogP contribution >= 0.6 is 0 Å². The van der Waals surface area contributed by atoms with Gasteiger partial charge in [-0.1, -0.05) is 18.2 Å². The molecule has 0 aromatic heterocycles. The molecule has 1 N–H and O–H groups in total. The molecule has 0 heterocycles. The number of nitriles is 1. The van der Waals surface area contributed by atoms with Gasteiger partial charge in [0.15, 0.2) is 11.6 Å². The van der Waals surface area contributed by atoms with E-state index in [1.807, 2.05) is 6.07 Å². The highest BCUT2D eigenvalue weighted by atomic mass is 19.2. The fourth-order valence-electron chi connectivity index (χ4n) is 1.67. The molecule has 1 unspecified atom stereocenters. The minimum Gasteiger partial charge on any atom is -0.366 e. The standard InChI is InChI=1S/C14H9F3N2/c15-9-3-1-4-10(7-9)19-13(8-18)11-5-2-6-12(16)14(11)17/h1-7,13,19H. The molecule has 2 aromatic rings. The molecule has 19 heavy (non-hydrogen) atoms. The van der Waals surface area contributed by atoms with E-state index in [1.165, 1.54) is 36.4 Å². The Kier molecular flexibility index (Phi) is 3.71. The fourth-order valence-corrected chi connectivity index (χ4v) is 1.67. The Labute approximate surface area is 108 Å². The van der Waals surface area contributed by atoms with Crippen molar-refractivity contribution in [1.82, 2.24) is 0 Å². The molecule has 0 aliphatic rings. The maximum atomic E-state index is 13.6. The van der Waals surface area contributed by atoms with Crippen LogP contribution in [-0.2, 0) is 0 Å². The normalized spacial score (nSPS) is 11.7. The molecule has 2 nitrogen and oxygen atoms in total. The van der Waals surface area contributed by atoms with Crippen LogP contribution in [0.3, 0.4) is 0 Å². The molecule has 0 aliphatic heterocycles. The van der Waals surface area contributed by atoms with Crippen molar-refractivity contribution >= 4 is 5.69 Å². The van der Waals surface area contributed by atoms with Gasteiger partial charge < -0.3 is 5.32 Å². The van der Waals surface area contributed by atoms with Gasteiger partial charge in [-0.25, -0.2) is 13.2 Å². The molecule has 2 rings (SSSR count). The van der Waals surface area contributed by atoms with E-state index in [9.17, 15) is 13.2 Å². The monoisotopic (exact) mass is 262 g/mol. The lowest BCUT2D eigenvalue weighted by Gasteiger charge is -2.14. The molecule has 0 spiro atoms. The van der Waals surface area contributed by atoms with E-state index in [0.29, 0.717) is 5.69 Å². The van der Waals surface area contributed by atoms with E-state index in [2.05, 4.69) is 5.32 Å². The number of rotatable bonds is 3. The van der Waals surface area contributed by atoms with Crippen molar-refractivity contribution in [2.75, 3.05) is 5.32 Å². The number of halogens is 3. The smallest absolute Gasteiger partial charge is 0.165 e. The SMILES string of the molecule is N#CC(Nc1cccc(F)c1)c1cccc(F)c1F.